The van der Waals surface area contributed by atoms with Crippen LogP contribution in [0.5, 0.6) is 0 Å². The van der Waals surface area contributed by atoms with E-state index in [1.807, 2.05) is 16.8 Å². The van der Waals surface area contributed by atoms with E-state index in [1.165, 1.54) is 16.0 Å². The summed E-state index contributed by atoms with van der Waals surface area (Å²) >= 11 is 1.51. The van der Waals surface area contributed by atoms with Gasteiger partial charge in [-0.15, -0.1) is 0 Å². The Morgan fingerprint density at radius 3 is 3.15 bits per heavy atom. The van der Waals surface area contributed by atoms with Gasteiger partial charge in [-0.05, 0) is 36.3 Å². The molecule has 0 bridgehead atoms. The van der Waals surface area contributed by atoms with Crippen LogP contribution in [0.1, 0.15) is 28.0 Å². The molecule has 3 rings (SSSR count). The van der Waals surface area contributed by atoms with Crippen molar-refractivity contribution < 1.29 is 4.79 Å². The molecule has 0 fully saturated rings. The van der Waals surface area contributed by atoms with Gasteiger partial charge in [-0.2, -0.15) is 16.4 Å². The number of aryl methyl sites for hydroxylation is 2. The Morgan fingerprint density at radius 2 is 2.40 bits per heavy atom. The first-order valence-electron chi connectivity index (χ1n) is 6.52. The minimum Gasteiger partial charge on any atom is -0.349 e. The van der Waals surface area contributed by atoms with Crippen molar-refractivity contribution in [2.75, 3.05) is 0 Å². The number of amides is 1. The van der Waals surface area contributed by atoms with Crippen molar-refractivity contribution in [3.8, 4) is 0 Å². The molecule has 0 spiro atoms. The van der Waals surface area contributed by atoms with Crippen LogP contribution < -0.4 is 10.9 Å². The highest BCUT2D eigenvalue weighted by Gasteiger charge is 2.22. The predicted molar refractivity (Wildman–Crippen MR) is 77.1 cm³/mol. The molecule has 1 aliphatic carbocycles. The highest BCUT2D eigenvalue weighted by atomic mass is 32.1. The molecule has 1 N–H and O–H groups in total. The Balaban J connectivity index is 1.74. The average Bonchev–Trinajstić information content (AvgIpc) is 2.94. The lowest BCUT2D eigenvalue weighted by Gasteiger charge is -2.24. The molecular weight excluding hydrogens is 274 g/mol. The SMILES string of the molecule is Cn1nc2c(cc1=O)C[C@H](NC(=O)c1ccsc1)CC2. The summed E-state index contributed by atoms with van der Waals surface area (Å²) in [6.07, 6.45) is 2.32. The molecule has 0 aliphatic heterocycles. The van der Waals surface area contributed by atoms with E-state index < -0.39 is 0 Å². The zero-order valence-corrected chi connectivity index (χ0v) is 11.9. The first-order chi connectivity index (χ1) is 9.63. The third-order valence-corrected chi connectivity index (χ3v) is 4.26. The lowest BCUT2D eigenvalue weighted by atomic mass is 9.92. The number of hydrogen-bond donors (Lipinski definition) is 1. The molecule has 20 heavy (non-hydrogen) atoms. The third-order valence-electron chi connectivity index (χ3n) is 3.57. The number of carbonyl (C=O) groups excluding carboxylic acids is 1. The van der Waals surface area contributed by atoms with E-state index >= 15 is 0 Å². The third kappa shape index (κ3) is 2.51. The molecule has 1 atom stereocenters. The number of carbonyl (C=O) groups is 1. The topological polar surface area (TPSA) is 64.0 Å². The van der Waals surface area contributed by atoms with Crippen LogP contribution in [-0.4, -0.2) is 21.7 Å². The van der Waals surface area contributed by atoms with Crippen LogP contribution in [0, 0.1) is 0 Å². The number of thiophene rings is 1. The summed E-state index contributed by atoms with van der Waals surface area (Å²) in [6.45, 7) is 0. The zero-order valence-electron chi connectivity index (χ0n) is 11.1. The van der Waals surface area contributed by atoms with Crippen LogP contribution in [0.25, 0.3) is 0 Å². The van der Waals surface area contributed by atoms with Crippen molar-refractivity contribution in [1.82, 2.24) is 15.1 Å². The van der Waals surface area contributed by atoms with Gasteiger partial charge in [0.25, 0.3) is 11.5 Å². The number of nitrogens with zero attached hydrogens (tertiary/aromatic N) is 2. The highest BCUT2D eigenvalue weighted by molar-refractivity contribution is 7.08. The Bertz CT molecular complexity index is 691. The minimum absolute atomic E-state index is 0.0449. The Morgan fingerprint density at radius 1 is 1.55 bits per heavy atom. The second-order valence-corrected chi connectivity index (χ2v) is 5.78. The second kappa shape index (κ2) is 5.20. The van der Waals surface area contributed by atoms with Gasteiger partial charge >= 0.3 is 0 Å². The van der Waals surface area contributed by atoms with Gasteiger partial charge < -0.3 is 5.32 Å². The Kier molecular flexibility index (Phi) is 3.40. The lowest BCUT2D eigenvalue weighted by Crippen LogP contribution is -2.40. The molecular formula is C14H15N3O2S. The molecule has 6 heteroatoms. The average molecular weight is 289 g/mol. The fraction of sp³-hybridized carbons (Fsp3) is 0.357. The molecule has 2 heterocycles. The van der Waals surface area contributed by atoms with Crippen molar-refractivity contribution >= 4 is 17.2 Å². The van der Waals surface area contributed by atoms with Crippen LogP contribution >= 0.6 is 11.3 Å². The summed E-state index contributed by atoms with van der Waals surface area (Å²) in [5, 5.41) is 11.0. The zero-order chi connectivity index (χ0) is 14.1. The summed E-state index contributed by atoms with van der Waals surface area (Å²) in [6, 6.07) is 3.52. The van der Waals surface area contributed by atoms with Gasteiger partial charge in [0, 0.05) is 30.1 Å². The van der Waals surface area contributed by atoms with E-state index in [4.69, 9.17) is 0 Å². The number of nitrogens with one attached hydrogen (secondary N) is 1. The summed E-state index contributed by atoms with van der Waals surface area (Å²) in [4.78, 5) is 23.6. The van der Waals surface area contributed by atoms with Gasteiger partial charge in [0.05, 0.1) is 5.69 Å². The molecule has 0 saturated heterocycles. The van der Waals surface area contributed by atoms with Crippen molar-refractivity contribution in [3.05, 3.63) is 50.1 Å². The number of hydrogen-bond acceptors (Lipinski definition) is 4. The number of rotatable bonds is 2. The van der Waals surface area contributed by atoms with E-state index in [0.717, 1.165) is 24.1 Å². The molecule has 0 unspecified atom stereocenters. The molecule has 5 nitrogen and oxygen atoms in total. The van der Waals surface area contributed by atoms with Gasteiger partial charge in [0.2, 0.25) is 0 Å². The fourth-order valence-electron chi connectivity index (χ4n) is 2.47. The van der Waals surface area contributed by atoms with E-state index in [1.54, 1.807) is 13.1 Å². The second-order valence-electron chi connectivity index (χ2n) is 5.00. The first kappa shape index (κ1) is 13.1. The quantitative estimate of drug-likeness (QED) is 0.901. The summed E-state index contributed by atoms with van der Waals surface area (Å²) in [5.41, 5.74) is 2.51. The van der Waals surface area contributed by atoms with Gasteiger partial charge in [0.1, 0.15) is 0 Å². The van der Waals surface area contributed by atoms with Crippen LogP contribution in [0.2, 0.25) is 0 Å². The van der Waals surface area contributed by atoms with E-state index in [0.29, 0.717) is 12.0 Å². The van der Waals surface area contributed by atoms with E-state index in [-0.39, 0.29) is 17.5 Å². The van der Waals surface area contributed by atoms with E-state index in [2.05, 4.69) is 10.4 Å². The Labute approximate surface area is 120 Å². The standard InChI is InChI=1S/C14H15N3O2S/c1-17-13(18)7-10-6-11(2-3-12(10)16-17)15-14(19)9-4-5-20-8-9/h4-5,7-8,11H,2-3,6H2,1H3,(H,15,19)/t11-/m1/s1. The maximum atomic E-state index is 12.0. The van der Waals surface area contributed by atoms with Gasteiger partial charge in [-0.3, -0.25) is 9.59 Å². The smallest absolute Gasteiger partial charge is 0.266 e. The van der Waals surface area contributed by atoms with Crippen LogP contribution in [0.4, 0.5) is 0 Å². The molecule has 2 aromatic heterocycles. The lowest BCUT2D eigenvalue weighted by molar-refractivity contribution is 0.0934. The maximum absolute atomic E-state index is 12.0. The predicted octanol–water partition coefficient (Wildman–Crippen LogP) is 1.13. The van der Waals surface area contributed by atoms with Crippen molar-refractivity contribution in [1.29, 1.82) is 0 Å². The number of aromatic nitrogens is 2. The van der Waals surface area contributed by atoms with Gasteiger partial charge in [0.15, 0.2) is 0 Å². The minimum atomic E-state index is -0.103. The molecule has 0 saturated carbocycles. The normalized spacial score (nSPS) is 17.6. The maximum Gasteiger partial charge on any atom is 0.266 e. The molecule has 2 aromatic rings. The largest absolute Gasteiger partial charge is 0.349 e. The van der Waals surface area contributed by atoms with Crippen LogP contribution in [0.3, 0.4) is 0 Å². The molecule has 0 aromatic carbocycles. The molecule has 104 valence electrons. The number of fused-ring (bicyclic) bond motifs is 1. The summed E-state index contributed by atoms with van der Waals surface area (Å²) in [5.74, 6) is -0.0449. The van der Waals surface area contributed by atoms with Crippen molar-refractivity contribution in [3.63, 3.8) is 0 Å². The monoisotopic (exact) mass is 289 g/mol. The van der Waals surface area contributed by atoms with Crippen LogP contribution in [-0.2, 0) is 19.9 Å². The summed E-state index contributed by atoms with van der Waals surface area (Å²) in [7, 11) is 1.66. The first-order valence-corrected chi connectivity index (χ1v) is 7.47. The fourth-order valence-corrected chi connectivity index (χ4v) is 3.11. The van der Waals surface area contributed by atoms with Gasteiger partial charge in [-0.25, -0.2) is 4.68 Å². The molecule has 1 amide bonds. The summed E-state index contributed by atoms with van der Waals surface area (Å²) < 4.78 is 1.36. The van der Waals surface area contributed by atoms with Crippen LogP contribution in [0.15, 0.2) is 27.7 Å². The van der Waals surface area contributed by atoms with Crippen molar-refractivity contribution in [2.24, 2.45) is 7.05 Å². The van der Waals surface area contributed by atoms with E-state index in [9.17, 15) is 9.59 Å². The van der Waals surface area contributed by atoms with Crippen molar-refractivity contribution in [2.45, 2.75) is 25.3 Å². The Hall–Kier alpha value is -1.95. The molecule has 1 aliphatic rings. The van der Waals surface area contributed by atoms with Gasteiger partial charge in [-0.1, -0.05) is 0 Å². The molecule has 0 radical (unpaired) electrons. The highest BCUT2D eigenvalue weighted by Crippen LogP contribution is 2.18.